The van der Waals surface area contributed by atoms with Gasteiger partial charge in [0.15, 0.2) is 5.82 Å². The van der Waals surface area contributed by atoms with Gasteiger partial charge in [0.25, 0.3) is 5.91 Å². The summed E-state index contributed by atoms with van der Waals surface area (Å²) in [6.07, 6.45) is 1.45. The molecule has 0 bridgehead atoms. The molecule has 4 N–H and O–H groups in total. The highest BCUT2D eigenvalue weighted by Crippen LogP contribution is 2.21. The average molecular weight is 295 g/mol. The Morgan fingerprint density at radius 3 is 2.94 bits per heavy atom. The number of amides is 1. The number of carbonyl (C=O) groups excluding carboxylic acids is 1. The van der Waals surface area contributed by atoms with E-state index in [0.29, 0.717) is 17.1 Å². The van der Waals surface area contributed by atoms with Gasteiger partial charge in [-0.25, -0.2) is 0 Å². The maximum atomic E-state index is 12.0. The van der Waals surface area contributed by atoms with Crippen molar-refractivity contribution in [2.45, 2.75) is 6.92 Å². The monoisotopic (exact) mass is 294 g/mol. The zero-order chi connectivity index (χ0) is 12.4. The van der Waals surface area contributed by atoms with Gasteiger partial charge in [-0.1, -0.05) is 22.0 Å². The van der Waals surface area contributed by atoms with E-state index < -0.39 is 0 Å². The largest absolute Gasteiger partial charge is 0.394 e. The molecule has 0 radical (unpaired) electrons. The summed E-state index contributed by atoms with van der Waals surface area (Å²) < 4.78 is 0.891. The van der Waals surface area contributed by atoms with Crippen LogP contribution in [-0.2, 0) is 0 Å². The van der Waals surface area contributed by atoms with Gasteiger partial charge >= 0.3 is 0 Å². The smallest absolute Gasteiger partial charge is 0.257 e. The molecule has 0 fully saturated rings. The molecule has 0 aliphatic rings. The molecule has 0 aliphatic heterocycles. The van der Waals surface area contributed by atoms with Crippen molar-refractivity contribution in [1.29, 1.82) is 0 Å². The molecule has 0 atom stereocenters. The van der Waals surface area contributed by atoms with Crippen molar-refractivity contribution in [3.63, 3.8) is 0 Å². The van der Waals surface area contributed by atoms with Crippen molar-refractivity contribution in [3.8, 4) is 0 Å². The summed E-state index contributed by atoms with van der Waals surface area (Å²) in [6.45, 7) is 1.87. The van der Waals surface area contributed by atoms with E-state index >= 15 is 0 Å². The molecule has 1 aromatic carbocycles. The van der Waals surface area contributed by atoms with Crippen LogP contribution < -0.4 is 11.1 Å². The number of rotatable bonds is 2. The lowest BCUT2D eigenvalue weighted by Gasteiger charge is -2.07. The summed E-state index contributed by atoms with van der Waals surface area (Å²) in [6, 6.07) is 5.45. The first-order valence-corrected chi connectivity index (χ1v) is 5.74. The van der Waals surface area contributed by atoms with Crippen LogP contribution in [0.3, 0.4) is 0 Å². The maximum absolute atomic E-state index is 12.0. The van der Waals surface area contributed by atoms with Gasteiger partial charge in [0.1, 0.15) is 0 Å². The van der Waals surface area contributed by atoms with Crippen LogP contribution in [0.1, 0.15) is 15.9 Å². The predicted molar refractivity (Wildman–Crippen MR) is 69.8 cm³/mol. The number of nitrogens with two attached hydrogens (primary N) is 1. The summed E-state index contributed by atoms with van der Waals surface area (Å²) in [5.74, 6) is 0.189. The topological polar surface area (TPSA) is 83.8 Å². The van der Waals surface area contributed by atoms with Gasteiger partial charge in [-0.3, -0.25) is 9.89 Å². The van der Waals surface area contributed by atoms with Crippen molar-refractivity contribution in [1.82, 2.24) is 10.2 Å². The van der Waals surface area contributed by atoms with Crippen molar-refractivity contribution in [2.75, 3.05) is 11.1 Å². The maximum Gasteiger partial charge on any atom is 0.257 e. The molecule has 88 valence electrons. The minimum Gasteiger partial charge on any atom is -0.394 e. The zero-order valence-electron chi connectivity index (χ0n) is 9.12. The lowest BCUT2D eigenvalue weighted by atomic mass is 10.1. The number of hydrogen-bond donors (Lipinski definition) is 3. The highest BCUT2D eigenvalue weighted by Gasteiger charge is 2.12. The molecule has 0 spiro atoms. The summed E-state index contributed by atoms with van der Waals surface area (Å²) in [5.41, 5.74) is 7.49. The summed E-state index contributed by atoms with van der Waals surface area (Å²) >= 11 is 3.38. The SMILES string of the molecule is Cc1c(Br)cccc1C(=O)Nc1[nH]ncc1N. The van der Waals surface area contributed by atoms with E-state index in [1.807, 2.05) is 19.1 Å². The molecule has 6 heteroatoms. The Kier molecular flexibility index (Phi) is 3.14. The van der Waals surface area contributed by atoms with Crippen LogP contribution in [-0.4, -0.2) is 16.1 Å². The number of H-pyrrole nitrogens is 1. The van der Waals surface area contributed by atoms with Crippen LogP contribution in [0.2, 0.25) is 0 Å². The molecule has 0 saturated carbocycles. The number of nitrogen functional groups attached to an aromatic ring is 1. The van der Waals surface area contributed by atoms with Crippen LogP contribution in [0, 0.1) is 6.92 Å². The number of benzene rings is 1. The fourth-order valence-corrected chi connectivity index (χ4v) is 1.80. The molecule has 2 aromatic rings. The van der Waals surface area contributed by atoms with Crippen LogP contribution in [0.5, 0.6) is 0 Å². The van der Waals surface area contributed by atoms with E-state index in [1.165, 1.54) is 6.20 Å². The van der Waals surface area contributed by atoms with Gasteiger partial charge in [-0.2, -0.15) is 5.10 Å². The summed E-state index contributed by atoms with van der Waals surface area (Å²) in [7, 11) is 0. The van der Waals surface area contributed by atoms with Crippen LogP contribution >= 0.6 is 15.9 Å². The third-order valence-electron chi connectivity index (χ3n) is 2.42. The molecule has 0 unspecified atom stereocenters. The van der Waals surface area contributed by atoms with Gasteiger partial charge in [0, 0.05) is 10.0 Å². The molecular formula is C11H11BrN4O. The van der Waals surface area contributed by atoms with Crippen LogP contribution in [0.25, 0.3) is 0 Å². The second kappa shape index (κ2) is 4.58. The van der Waals surface area contributed by atoms with E-state index in [0.717, 1.165) is 10.0 Å². The average Bonchev–Trinajstić information content (AvgIpc) is 2.68. The predicted octanol–water partition coefficient (Wildman–Crippen LogP) is 2.32. The Hall–Kier alpha value is -1.82. The van der Waals surface area contributed by atoms with Crippen molar-refractivity contribution in [2.24, 2.45) is 0 Å². The van der Waals surface area contributed by atoms with E-state index in [2.05, 4.69) is 31.4 Å². The number of aromatic amines is 1. The minimum atomic E-state index is -0.222. The van der Waals surface area contributed by atoms with Crippen molar-refractivity contribution in [3.05, 3.63) is 40.0 Å². The number of halogens is 1. The molecule has 0 aliphatic carbocycles. The van der Waals surface area contributed by atoms with E-state index in [-0.39, 0.29) is 5.91 Å². The molecule has 0 saturated heterocycles. The second-order valence-electron chi connectivity index (χ2n) is 3.57. The fraction of sp³-hybridized carbons (Fsp3) is 0.0909. The normalized spacial score (nSPS) is 10.2. The molecule has 5 nitrogen and oxygen atoms in total. The van der Waals surface area contributed by atoms with Gasteiger partial charge in [-0.05, 0) is 24.6 Å². The number of nitrogens with zero attached hydrogens (tertiary/aromatic N) is 1. The Bertz CT molecular complexity index is 564. The molecule has 1 aromatic heterocycles. The zero-order valence-corrected chi connectivity index (χ0v) is 10.7. The molecular weight excluding hydrogens is 284 g/mol. The molecule has 2 rings (SSSR count). The highest BCUT2D eigenvalue weighted by atomic mass is 79.9. The second-order valence-corrected chi connectivity index (χ2v) is 4.42. The van der Waals surface area contributed by atoms with Gasteiger partial charge in [-0.15, -0.1) is 0 Å². The van der Waals surface area contributed by atoms with Gasteiger partial charge < -0.3 is 11.1 Å². The van der Waals surface area contributed by atoms with E-state index in [9.17, 15) is 4.79 Å². The fourth-order valence-electron chi connectivity index (χ4n) is 1.43. The Morgan fingerprint density at radius 1 is 1.53 bits per heavy atom. The highest BCUT2D eigenvalue weighted by molar-refractivity contribution is 9.10. The van der Waals surface area contributed by atoms with Crippen LogP contribution in [0.4, 0.5) is 11.5 Å². The third kappa shape index (κ3) is 2.31. The van der Waals surface area contributed by atoms with E-state index in [1.54, 1.807) is 6.07 Å². The third-order valence-corrected chi connectivity index (χ3v) is 3.28. The Balaban J connectivity index is 2.27. The molecule has 1 amide bonds. The minimum absolute atomic E-state index is 0.222. The Labute approximate surface area is 107 Å². The number of anilines is 2. The number of carbonyl (C=O) groups is 1. The first-order valence-electron chi connectivity index (χ1n) is 4.95. The lowest BCUT2D eigenvalue weighted by Crippen LogP contribution is -2.14. The number of aromatic nitrogens is 2. The standard InChI is InChI=1S/C11H11BrN4O/c1-6-7(3-2-4-8(6)12)11(17)15-10-9(13)5-14-16-10/h2-5H,13H2,1H3,(H2,14,15,16,17). The summed E-state index contributed by atoms with van der Waals surface area (Å²) in [5, 5.41) is 9.03. The molecule has 1 heterocycles. The first-order chi connectivity index (χ1) is 8.09. The molecule has 17 heavy (non-hydrogen) atoms. The van der Waals surface area contributed by atoms with Gasteiger partial charge in [0.2, 0.25) is 0 Å². The van der Waals surface area contributed by atoms with Crippen LogP contribution in [0.15, 0.2) is 28.9 Å². The first kappa shape index (κ1) is 11.7. The number of hydrogen-bond acceptors (Lipinski definition) is 3. The van der Waals surface area contributed by atoms with Crippen molar-refractivity contribution >= 4 is 33.3 Å². The lowest BCUT2D eigenvalue weighted by molar-refractivity contribution is 0.102. The Morgan fingerprint density at radius 2 is 2.29 bits per heavy atom. The van der Waals surface area contributed by atoms with E-state index in [4.69, 9.17) is 5.73 Å². The van der Waals surface area contributed by atoms with Gasteiger partial charge in [0.05, 0.1) is 11.9 Å². The number of nitrogens with one attached hydrogen (secondary N) is 2. The van der Waals surface area contributed by atoms with Crippen molar-refractivity contribution < 1.29 is 4.79 Å². The summed E-state index contributed by atoms with van der Waals surface area (Å²) in [4.78, 5) is 12.0. The quantitative estimate of drug-likeness (QED) is 0.795.